The maximum atomic E-state index is 13.9. The molecule has 0 aromatic heterocycles. The third kappa shape index (κ3) is 41.3. The van der Waals surface area contributed by atoms with Gasteiger partial charge in [0, 0.05) is 104 Å². The molecule has 0 aliphatic carbocycles. The SMILES string of the molecule is CC(=O)OCC1OC(OCCCCCOCCNC(=O)CCOCC(COCCC(=O)NCCOCCOCCOC2OC(COC(C)=O)C(C)C(C)C2C)(COCCC(=O)NCCOCCOCCOC2OC(COC(C)=O)C(C)C(C)C2C)NC(=O)CCCCCNC(=O)OCc2ccccc2)C(C)C(C)C1C. The first-order chi connectivity index (χ1) is 52.9. The van der Waals surface area contributed by atoms with Crippen molar-refractivity contribution >= 4 is 47.6 Å². The lowest BCUT2D eigenvalue weighted by Crippen LogP contribution is -2.58. The van der Waals surface area contributed by atoms with Crippen molar-refractivity contribution in [1.82, 2.24) is 26.6 Å². The summed E-state index contributed by atoms with van der Waals surface area (Å²) in [5.41, 5.74) is -0.494. The molecule has 110 heavy (non-hydrogen) atoms. The van der Waals surface area contributed by atoms with E-state index in [1.807, 2.05) is 30.3 Å². The monoisotopic (exact) mass is 1570 g/mol. The summed E-state index contributed by atoms with van der Waals surface area (Å²) < 4.78 is 105. The molecule has 5 N–H and O–H groups in total. The molecular weight excluding hydrogens is 1430 g/mol. The molecule has 15 unspecified atom stereocenters. The number of ether oxygens (including phenoxy) is 18. The van der Waals surface area contributed by atoms with Crippen molar-refractivity contribution < 1.29 is 124 Å². The van der Waals surface area contributed by atoms with Crippen LogP contribution in [0, 0.1) is 53.3 Å². The summed E-state index contributed by atoms with van der Waals surface area (Å²) in [5.74, 6) is -0.368. The number of carbonyl (C=O) groups excluding carboxylic acids is 8. The van der Waals surface area contributed by atoms with Crippen LogP contribution in [-0.4, -0.2) is 262 Å². The Bertz CT molecular complexity index is 2490. The number of benzene rings is 1. The van der Waals surface area contributed by atoms with Gasteiger partial charge in [-0.05, 0) is 73.2 Å². The smallest absolute Gasteiger partial charge is 0.407 e. The molecule has 5 amide bonds. The van der Waals surface area contributed by atoms with Crippen LogP contribution in [-0.2, 0) is 125 Å². The average Bonchev–Trinajstić information content (AvgIpc) is 0.832. The lowest BCUT2D eigenvalue weighted by Gasteiger charge is -2.43. The van der Waals surface area contributed by atoms with Gasteiger partial charge >= 0.3 is 24.0 Å². The van der Waals surface area contributed by atoms with Gasteiger partial charge in [-0.1, -0.05) is 99.1 Å². The molecule has 632 valence electrons. The van der Waals surface area contributed by atoms with Crippen molar-refractivity contribution in [3.05, 3.63) is 35.9 Å². The Hall–Kier alpha value is -5.78. The van der Waals surface area contributed by atoms with E-state index < -0.39 is 24.2 Å². The van der Waals surface area contributed by atoms with Gasteiger partial charge in [0.25, 0.3) is 0 Å². The van der Waals surface area contributed by atoms with Crippen molar-refractivity contribution in [2.75, 3.05) is 172 Å². The van der Waals surface area contributed by atoms with Crippen molar-refractivity contribution in [2.45, 2.75) is 197 Å². The van der Waals surface area contributed by atoms with E-state index in [0.717, 1.165) is 24.8 Å². The third-order valence-electron chi connectivity index (χ3n) is 20.5. The number of hydrogen-bond acceptors (Lipinski definition) is 26. The first-order valence-electron chi connectivity index (χ1n) is 39.8. The number of amides is 5. The summed E-state index contributed by atoms with van der Waals surface area (Å²) in [7, 11) is 0. The fourth-order valence-corrected chi connectivity index (χ4v) is 12.6. The Morgan fingerprint density at radius 2 is 0.700 bits per heavy atom. The van der Waals surface area contributed by atoms with Crippen LogP contribution in [0.15, 0.2) is 30.3 Å². The highest BCUT2D eigenvalue weighted by Crippen LogP contribution is 2.38. The predicted octanol–water partition coefficient (Wildman–Crippen LogP) is 6.79. The van der Waals surface area contributed by atoms with E-state index in [4.69, 9.17) is 85.3 Å². The van der Waals surface area contributed by atoms with Crippen molar-refractivity contribution in [2.24, 2.45) is 53.3 Å². The highest BCUT2D eigenvalue weighted by atomic mass is 16.7. The second-order valence-corrected chi connectivity index (χ2v) is 29.1. The topological polar surface area (TPSA) is 363 Å². The number of rotatable bonds is 60. The van der Waals surface area contributed by atoms with E-state index in [1.54, 1.807) is 0 Å². The molecule has 0 bridgehead atoms. The minimum Gasteiger partial charge on any atom is -0.463 e. The molecule has 3 aliphatic rings. The zero-order valence-electron chi connectivity index (χ0n) is 67.8. The Balaban J connectivity index is 1.25. The van der Waals surface area contributed by atoms with Crippen LogP contribution in [0.3, 0.4) is 0 Å². The van der Waals surface area contributed by atoms with Gasteiger partial charge in [-0.15, -0.1) is 0 Å². The predicted molar refractivity (Wildman–Crippen MR) is 403 cm³/mol. The van der Waals surface area contributed by atoms with E-state index in [9.17, 15) is 38.4 Å². The number of nitrogens with one attached hydrogen (secondary N) is 5. The molecule has 3 heterocycles. The summed E-state index contributed by atoms with van der Waals surface area (Å²) in [6.07, 6.45) is 1.50. The number of esters is 3. The number of hydrogen-bond donors (Lipinski definition) is 5. The summed E-state index contributed by atoms with van der Waals surface area (Å²) >= 11 is 0. The van der Waals surface area contributed by atoms with Gasteiger partial charge < -0.3 is 112 Å². The van der Waals surface area contributed by atoms with E-state index in [0.29, 0.717) is 91.2 Å². The zero-order chi connectivity index (χ0) is 80.3. The van der Waals surface area contributed by atoms with Crippen molar-refractivity contribution in [3.63, 3.8) is 0 Å². The summed E-state index contributed by atoms with van der Waals surface area (Å²) in [6, 6.07) is 9.33. The van der Waals surface area contributed by atoms with Gasteiger partial charge in [0.05, 0.1) is 131 Å². The Kier molecular flexibility index (Phi) is 50.3. The lowest BCUT2D eigenvalue weighted by atomic mass is 9.79. The number of carbonyl (C=O) groups is 8. The molecule has 0 spiro atoms. The van der Waals surface area contributed by atoms with Gasteiger partial charge in [0.15, 0.2) is 18.9 Å². The summed E-state index contributed by atoms with van der Waals surface area (Å²) in [4.78, 5) is 99.8. The maximum Gasteiger partial charge on any atom is 0.407 e. The summed E-state index contributed by atoms with van der Waals surface area (Å²) in [6.45, 7) is 28.4. The van der Waals surface area contributed by atoms with Crippen LogP contribution in [0.2, 0.25) is 0 Å². The third-order valence-corrected chi connectivity index (χ3v) is 20.5. The van der Waals surface area contributed by atoms with Gasteiger partial charge in [-0.25, -0.2) is 4.79 Å². The molecule has 4 rings (SSSR count). The second kappa shape index (κ2) is 57.3. The first-order valence-corrected chi connectivity index (χ1v) is 39.8. The molecule has 3 saturated heterocycles. The van der Waals surface area contributed by atoms with Gasteiger partial charge in [-0.2, -0.15) is 0 Å². The maximum absolute atomic E-state index is 13.9. The normalized spacial score (nSPS) is 24.5. The van der Waals surface area contributed by atoms with Crippen molar-refractivity contribution in [3.8, 4) is 0 Å². The molecule has 0 saturated carbocycles. The largest absolute Gasteiger partial charge is 0.463 e. The molecule has 31 heteroatoms. The molecule has 1 aromatic carbocycles. The number of alkyl carbamates (subject to hydrolysis) is 1. The van der Waals surface area contributed by atoms with Crippen LogP contribution in [0.25, 0.3) is 0 Å². The fraction of sp³-hybridized carbons (Fsp3) is 0.823. The molecule has 1 aromatic rings. The van der Waals surface area contributed by atoms with E-state index in [1.165, 1.54) is 20.8 Å². The summed E-state index contributed by atoms with van der Waals surface area (Å²) in [5, 5.41) is 14.3. The van der Waals surface area contributed by atoms with Crippen LogP contribution in [0.5, 0.6) is 0 Å². The standard InChI is InChI=1S/C79H135N5O26/c1-55-58(4)68(49-104-64(10)85)108-75(61(55)7)101-33-21-15-20-32-93-37-29-80-71(88)25-34-98-52-79(84-74(91)24-18-14-19-28-83-78(92)107-48-67-22-16-13-17-23-67,53-99-35-26-72(89)81-30-38-94-40-42-96-44-46-102-76-62(8)56(2)59(5)69(109-76)50-105-65(11)86)54-100-36-27-73(90)82-31-39-95-41-43-97-45-47-103-77-63(9)57(3)60(6)70(110-77)51-106-66(12)87/h13,16-17,22-23,55-63,68-70,75-77H,14-15,18-21,24-54H2,1-12H3,(H,80,88)(H,81,89)(H,82,90)(H,83,92)(H,84,91). The Labute approximate surface area is 652 Å². The van der Waals surface area contributed by atoms with Crippen LogP contribution in [0.4, 0.5) is 4.79 Å². The molecule has 3 fully saturated rings. The van der Waals surface area contributed by atoms with Crippen molar-refractivity contribution in [1.29, 1.82) is 0 Å². The van der Waals surface area contributed by atoms with Crippen LogP contribution in [0.1, 0.15) is 153 Å². The zero-order valence-corrected chi connectivity index (χ0v) is 67.8. The van der Waals surface area contributed by atoms with Gasteiger partial charge in [0.2, 0.25) is 23.6 Å². The quantitative estimate of drug-likeness (QED) is 0.0254. The molecule has 15 atom stereocenters. The lowest BCUT2D eigenvalue weighted by molar-refractivity contribution is -0.258. The van der Waals surface area contributed by atoms with Gasteiger partial charge in [0.1, 0.15) is 32.0 Å². The Morgan fingerprint density at radius 3 is 1.11 bits per heavy atom. The highest BCUT2D eigenvalue weighted by Gasteiger charge is 2.43. The van der Waals surface area contributed by atoms with E-state index >= 15 is 0 Å². The van der Waals surface area contributed by atoms with Gasteiger partial charge in [-0.3, -0.25) is 33.6 Å². The Morgan fingerprint density at radius 1 is 0.336 bits per heavy atom. The molecule has 3 aliphatic heterocycles. The fourth-order valence-electron chi connectivity index (χ4n) is 12.6. The van der Waals surface area contributed by atoms with E-state index in [2.05, 4.69) is 88.9 Å². The van der Waals surface area contributed by atoms with Crippen LogP contribution < -0.4 is 26.6 Å². The first kappa shape index (κ1) is 96.6. The molecule has 31 nitrogen and oxygen atoms in total. The number of unbranched alkanes of at least 4 members (excludes halogenated alkanes) is 4. The highest BCUT2D eigenvalue weighted by molar-refractivity contribution is 5.77. The van der Waals surface area contributed by atoms with Crippen LogP contribution >= 0.6 is 0 Å². The van der Waals surface area contributed by atoms with E-state index in [-0.39, 0.29) is 251 Å². The second-order valence-electron chi connectivity index (χ2n) is 29.1. The minimum atomic E-state index is -1.35. The molecule has 0 radical (unpaired) electrons. The molecular formula is C79H135N5O26. The minimum absolute atomic E-state index is 0.0169. The average molecular weight is 1570 g/mol.